The highest BCUT2D eigenvalue weighted by Crippen LogP contribution is 2.30. The molecular formula is C16H18N2O5. The largest absolute Gasteiger partial charge is 0.490 e. The van der Waals surface area contributed by atoms with Gasteiger partial charge in [-0.1, -0.05) is 19.0 Å². The summed E-state index contributed by atoms with van der Waals surface area (Å²) in [6.45, 7) is 5.02. The van der Waals surface area contributed by atoms with Gasteiger partial charge in [0.15, 0.2) is 23.9 Å². The maximum atomic E-state index is 12.1. The van der Waals surface area contributed by atoms with Crippen LogP contribution < -0.4 is 9.47 Å². The average Bonchev–Trinajstić information content (AvgIpc) is 2.90. The SMILES string of the molecule is CC(C)c1noc(COC(=O)c2ccc3c(c2)OCCCO3)n1. The molecule has 7 nitrogen and oxygen atoms in total. The molecule has 2 heterocycles. The smallest absolute Gasteiger partial charge is 0.338 e. The number of hydrogen-bond acceptors (Lipinski definition) is 7. The van der Waals surface area contributed by atoms with Gasteiger partial charge in [-0.15, -0.1) is 0 Å². The van der Waals surface area contributed by atoms with Crippen molar-refractivity contribution in [3.63, 3.8) is 0 Å². The molecule has 1 aromatic carbocycles. The number of carbonyl (C=O) groups excluding carboxylic acids is 1. The summed E-state index contributed by atoms with van der Waals surface area (Å²) in [5.41, 5.74) is 0.387. The van der Waals surface area contributed by atoms with Gasteiger partial charge < -0.3 is 18.7 Å². The Morgan fingerprint density at radius 3 is 2.78 bits per heavy atom. The molecular weight excluding hydrogens is 300 g/mol. The van der Waals surface area contributed by atoms with Crippen LogP contribution in [0.2, 0.25) is 0 Å². The minimum atomic E-state index is -0.482. The third-order valence-corrected chi connectivity index (χ3v) is 3.31. The highest BCUT2D eigenvalue weighted by atomic mass is 16.6. The maximum Gasteiger partial charge on any atom is 0.338 e. The van der Waals surface area contributed by atoms with Crippen molar-refractivity contribution in [1.82, 2.24) is 10.1 Å². The number of nitrogens with zero attached hydrogens (tertiary/aromatic N) is 2. The second-order valence-electron chi connectivity index (χ2n) is 5.49. The molecule has 0 spiro atoms. The third-order valence-electron chi connectivity index (χ3n) is 3.31. The van der Waals surface area contributed by atoms with Crippen molar-refractivity contribution in [2.45, 2.75) is 32.8 Å². The van der Waals surface area contributed by atoms with Gasteiger partial charge in [-0.3, -0.25) is 0 Å². The van der Waals surface area contributed by atoms with E-state index >= 15 is 0 Å². The molecule has 0 N–H and O–H groups in total. The van der Waals surface area contributed by atoms with Crippen LogP contribution in [0, 0.1) is 0 Å². The van der Waals surface area contributed by atoms with Crippen molar-refractivity contribution in [2.75, 3.05) is 13.2 Å². The maximum absolute atomic E-state index is 12.1. The van der Waals surface area contributed by atoms with Gasteiger partial charge in [0.05, 0.1) is 18.8 Å². The molecule has 2 aromatic rings. The zero-order valence-corrected chi connectivity index (χ0v) is 13.1. The van der Waals surface area contributed by atoms with E-state index in [1.807, 2.05) is 13.8 Å². The Labute approximate surface area is 133 Å². The lowest BCUT2D eigenvalue weighted by Gasteiger charge is -2.08. The average molecular weight is 318 g/mol. The number of esters is 1. The van der Waals surface area contributed by atoms with Crippen LogP contribution in [-0.4, -0.2) is 29.3 Å². The number of carbonyl (C=O) groups is 1. The van der Waals surface area contributed by atoms with Crippen LogP contribution in [0.3, 0.4) is 0 Å². The van der Waals surface area contributed by atoms with Crippen molar-refractivity contribution in [1.29, 1.82) is 0 Å². The van der Waals surface area contributed by atoms with Crippen molar-refractivity contribution < 1.29 is 23.5 Å². The minimum Gasteiger partial charge on any atom is -0.490 e. The van der Waals surface area contributed by atoms with Crippen LogP contribution in [-0.2, 0) is 11.3 Å². The molecule has 0 fully saturated rings. The monoisotopic (exact) mass is 318 g/mol. The summed E-state index contributed by atoms with van der Waals surface area (Å²) in [5.74, 6) is 1.73. The fourth-order valence-electron chi connectivity index (χ4n) is 2.06. The topological polar surface area (TPSA) is 83.7 Å². The van der Waals surface area contributed by atoms with Crippen LogP contribution in [0.5, 0.6) is 11.5 Å². The number of benzene rings is 1. The van der Waals surface area contributed by atoms with E-state index in [1.54, 1.807) is 18.2 Å². The molecule has 0 unspecified atom stereocenters. The first kappa shape index (κ1) is 15.3. The normalized spacial score (nSPS) is 13.7. The van der Waals surface area contributed by atoms with Crippen LogP contribution >= 0.6 is 0 Å². The van der Waals surface area contributed by atoms with Gasteiger partial charge in [-0.25, -0.2) is 4.79 Å². The second-order valence-corrected chi connectivity index (χ2v) is 5.49. The standard InChI is InChI=1S/C16H18N2O5/c1-10(2)15-17-14(23-18-15)9-22-16(19)11-4-5-12-13(8-11)21-7-3-6-20-12/h4-5,8,10H,3,6-7,9H2,1-2H3. The third kappa shape index (κ3) is 3.61. The summed E-state index contributed by atoms with van der Waals surface area (Å²) >= 11 is 0. The lowest BCUT2D eigenvalue weighted by Crippen LogP contribution is -2.06. The van der Waals surface area contributed by atoms with Crippen LogP contribution in [0.15, 0.2) is 22.7 Å². The summed E-state index contributed by atoms with van der Waals surface area (Å²) in [5, 5.41) is 3.82. The number of hydrogen-bond donors (Lipinski definition) is 0. The van der Waals surface area contributed by atoms with Gasteiger partial charge in [0.1, 0.15) is 0 Å². The molecule has 3 rings (SSSR count). The minimum absolute atomic E-state index is 0.0625. The van der Waals surface area contributed by atoms with Crippen LogP contribution in [0.25, 0.3) is 0 Å². The highest BCUT2D eigenvalue weighted by Gasteiger charge is 2.16. The van der Waals surface area contributed by atoms with Gasteiger partial charge >= 0.3 is 5.97 Å². The van der Waals surface area contributed by atoms with Crippen LogP contribution in [0.1, 0.15) is 48.3 Å². The molecule has 0 amide bonds. The van der Waals surface area contributed by atoms with Crippen molar-refractivity contribution in [3.8, 4) is 11.5 Å². The molecule has 1 aliphatic heterocycles. The fraction of sp³-hybridized carbons (Fsp3) is 0.438. The molecule has 0 saturated carbocycles. The molecule has 0 radical (unpaired) electrons. The zero-order valence-electron chi connectivity index (χ0n) is 13.1. The van der Waals surface area contributed by atoms with E-state index in [0.29, 0.717) is 36.1 Å². The molecule has 122 valence electrons. The number of aromatic nitrogens is 2. The number of rotatable bonds is 4. The summed E-state index contributed by atoms with van der Waals surface area (Å²) in [4.78, 5) is 16.3. The Hall–Kier alpha value is -2.57. The summed E-state index contributed by atoms with van der Waals surface area (Å²) in [7, 11) is 0. The van der Waals surface area contributed by atoms with E-state index in [2.05, 4.69) is 10.1 Å². The Morgan fingerprint density at radius 2 is 2.04 bits per heavy atom. The van der Waals surface area contributed by atoms with Crippen molar-refractivity contribution in [2.24, 2.45) is 0 Å². The molecule has 0 atom stereocenters. The molecule has 23 heavy (non-hydrogen) atoms. The van der Waals surface area contributed by atoms with Gasteiger partial charge in [-0.05, 0) is 18.2 Å². The van der Waals surface area contributed by atoms with E-state index in [1.165, 1.54) is 0 Å². The Bertz CT molecular complexity index is 696. The summed E-state index contributed by atoms with van der Waals surface area (Å²) < 4.78 is 21.3. The Morgan fingerprint density at radius 1 is 1.26 bits per heavy atom. The lowest BCUT2D eigenvalue weighted by molar-refractivity contribution is 0.0429. The summed E-state index contributed by atoms with van der Waals surface area (Å²) in [6.07, 6.45) is 0.809. The Kier molecular flexibility index (Phi) is 4.45. The summed E-state index contributed by atoms with van der Waals surface area (Å²) in [6, 6.07) is 4.97. The predicted molar refractivity (Wildman–Crippen MR) is 79.6 cm³/mol. The van der Waals surface area contributed by atoms with Gasteiger partial charge in [0.2, 0.25) is 0 Å². The molecule has 0 saturated heterocycles. The molecule has 0 aliphatic carbocycles. The molecule has 0 bridgehead atoms. The first-order chi connectivity index (χ1) is 11.1. The van der Waals surface area contributed by atoms with Gasteiger partial charge in [0.25, 0.3) is 5.89 Å². The first-order valence-electron chi connectivity index (χ1n) is 7.53. The molecule has 1 aliphatic rings. The quantitative estimate of drug-likeness (QED) is 0.801. The van der Waals surface area contributed by atoms with Gasteiger partial charge in [0, 0.05) is 12.3 Å². The second kappa shape index (κ2) is 6.68. The van der Waals surface area contributed by atoms with Crippen LogP contribution in [0.4, 0.5) is 0 Å². The van der Waals surface area contributed by atoms with Crippen molar-refractivity contribution >= 4 is 5.97 Å². The van der Waals surface area contributed by atoms with E-state index in [-0.39, 0.29) is 18.4 Å². The van der Waals surface area contributed by atoms with E-state index in [4.69, 9.17) is 18.7 Å². The number of fused-ring (bicyclic) bond motifs is 1. The number of ether oxygens (including phenoxy) is 3. The molecule has 7 heteroatoms. The van der Waals surface area contributed by atoms with Gasteiger partial charge in [-0.2, -0.15) is 4.98 Å². The lowest BCUT2D eigenvalue weighted by atomic mass is 10.2. The van der Waals surface area contributed by atoms with E-state index in [0.717, 1.165) is 6.42 Å². The molecule has 1 aromatic heterocycles. The van der Waals surface area contributed by atoms with E-state index < -0.39 is 5.97 Å². The predicted octanol–water partition coefficient (Wildman–Crippen LogP) is 2.71. The Balaban J connectivity index is 1.64. The first-order valence-corrected chi connectivity index (χ1v) is 7.53. The zero-order chi connectivity index (χ0) is 16.2. The fourth-order valence-corrected chi connectivity index (χ4v) is 2.06. The van der Waals surface area contributed by atoms with Crippen molar-refractivity contribution in [3.05, 3.63) is 35.5 Å². The highest BCUT2D eigenvalue weighted by molar-refractivity contribution is 5.90. The van der Waals surface area contributed by atoms with E-state index in [9.17, 15) is 4.79 Å².